The zero-order valence-corrected chi connectivity index (χ0v) is 16.6. The van der Waals surface area contributed by atoms with Gasteiger partial charge < -0.3 is 10.1 Å². The second-order valence-electron chi connectivity index (χ2n) is 6.99. The van der Waals surface area contributed by atoms with Crippen LogP contribution in [0.3, 0.4) is 0 Å². The van der Waals surface area contributed by atoms with Crippen molar-refractivity contribution >= 4 is 11.7 Å². The molecule has 0 aromatic heterocycles. The van der Waals surface area contributed by atoms with Crippen molar-refractivity contribution < 1.29 is 14.3 Å². The summed E-state index contributed by atoms with van der Waals surface area (Å²) < 4.78 is 5.76. The molecule has 4 nitrogen and oxygen atoms in total. The van der Waals surface area contributed by atoms with Gasteiger partial charge in [0.25, 0.3) is 0 Å². The Balaban J connectivity index is 1.43. The molecule has 0 aliphatic carbocycles. The molecule has 0 heterocycles. The number of ether oxygens (including phenoxy) is 1. The van der Waals surface area contributed by atoms with E-state index in [1.165, 1.54) is 0 Å². The van der Waals surface area contributed by atoms with Crippen LogP contribution in [-0.4, -0.2) is 11.7 Å². The Morgan fingerprint density at radius 2 is 1.55 bits per heavy atom. The van der Waals surface area contributed by atoms with Gasteiger partial charge in [-0.1, -0.05) is 72.3 Å². The van der Waals surface area contributed by atoms with Gasteiger partial charge in [0.1, 0.15) is 12.4 Å². The predicted octanol–water partition coefficient (Wildman–Crippen LogP) is 4.85. The molecule has 0 saturated carbocycles. The second-order valence-corrected chi connectivity index (χ2v) is 6.99. The summed E-state index contributed by atoms with van der Waals surface area (Å²) in [5.74, 6) is 0.682. The molecule has 148 valence electrons. The van der Waals surface area contributed by atoms with E-state index in [1.807, 2.05) is 73.7 Å². The van der Waals surface area contributed by atoms with Crippen LogP contribution in [0.1, 0.15) is 39.9 Å². The number of amides is 1. The molecule has 1 N–H and O–H groups in total. The number of rotatable bonds is 9. The maximum absolute atomic E-state index is 12.2. The van der Waals surface area contributed by atoms with E-state index in [4.69, 9.17) is 4.74 Å². The minimum Gasteiger partial charge on any atom is -0.489 e. The van der Waals surface area contributed by atoms with Crippen LogP contribution in [0.2, 0.25) is 0 Å². The van der Waals surface area contributed by atoms with Crippen LogP contribution in [-0.2, 0) is 17.9 Å². The molecular weight excluding hydrogens is 362 g/mol. The fourth-order valence-electron chi connectivity index (χ4n) is 2.91. The Bertz CT molecular complexity index is 949. The first-order chi connectivity index (χ1) is 14.1. The van der Waals surface area contributed by atoms with Gasteiger partial charge in [0.15, 0.2) is 5.78 Å². The number of nitrogens with one attached hydrogen (secondary N) is 1. The number of aryl methyl sites for hydroxylation is 1. The van der Waals surface area contributed by atoms with E-state index in [0.717, 1.165) is 22.4 Å². The number of carbonyl (C=O) groups is 2. The van der Waals surface area contributed by atoms with Gasteiger partial charge in [-0.25, -0.2) is 0 Å². The van der Waals surface area contributed by atoms with E-state index in [2.05, 4.69) is 5.32 Å². The van der Waals surface area contributed by atoms with Gasteiger partial charge in [0, 0.05) is 24.9 Å². The van der Waals surface area contributed by atoms with Crippen LogP contribution in [0.15, 0.2) is 78.9 Å². The smallest absolute Gasteiger partial charge is 0.220 e. The van der Waals surface area contributed by atoms with Crippen molar-refractivity contribution in [3.63, 3.8) is 0 Å². The standard InChI is InChI=1S/C25H25NO3/c1-19-10-12-22(13-11-19)24(27)14-15-25(28)26-17-20-6-5-7-21(16-20)18-29-23-8-3-2-4-9-23/h2-13,16H,14-15,17-18H2,1H3,(H,26,28). The fraction of sp³-hybridized carbons (Fsp3) is 0.200. The summed E-state index contributed by atoms with van der Waals surface area (Å²) >= 11 is 0. The van der Waals surface area contributed by atoms with E-state index in [0.29, 0.717) is 18.7 Å². The van der Waals surface area contributed by atoms with E-state index < -0.39 is 0 Å². The minimum atomic E-state index is -0.128. The highest BCUT2D eigenvalue weighted by Crippen LogP contribution is 2.13. The van der Waals surface area contributed by atoms with Crippen LogP contribution in [0.4, 0.5) is 0 Å². The highest BCUT2D eigenvalue weighted by atomic mass is 16.5. The zero-order chi connectivity index (χ0) is 20.5. The summed E-state index contributed by atoms with van der Waals surface area (Å²) in [4.78, 5) is 24.3. The van der Waals surface area contributed by atoms with Crippen molar-refractivity contribution in [1.29, 1.82) is 0 Å². The van der Waals surface area contributed by atoms with E-state index in [1.54, 1.807) is 12.1 Å². The molecule has 29 heavy (non-hydrogen) atoms. The normalized spacial score (nSPS) is 10.4. The van der Waals surface area contributed by atoms with Crippen LogP contribution in [0.5, 0.6) is 5.75 Å². The van der Waals surface area contributed by atoms with Crippen molar-refractivity contribution in [1.82, 2.24) is 5.32 Å². The zero-order valence-electron chi connectivity index (χ0n) is 16.6. The maximum Gasteiger partial charge on any atom is 0.220 e. The van der Waals surface area contributed by atoms with Gasteiger partial charge in [-0.05, 0) is 30.2 Å². The Kier molecular flexibility index (Phi) is 7.17. The van der Waals surface area contributed by atoms with E-state index in [-0.39, 0.29) is 24.5 Å². The molecule has 0 saturated heterocycles. The molecule has 0 bridgehead atoms. The van der Waals surface area contributed by atoms with Crippen molar-refractivity contribution in [3.8, 4) is 5.75 Å². The lowest BCUT2D eigenvalue weighted by Gasteiger charge is -2.09. The van der Waals surface area contributed by atoms with Gasteiger partial charge in [0.2, 0.25) is 5.91 Å². The van der Waals surface area contributed by atoms with Gasteiger partial charge >= 0.3 is 0 Å². The third-order valence-corrected chi connectivity index (χ3v) is 4.58. The topological polar surface area (TPSA) is 55.4 Å². The molecular formula is C25H25NO3. The molecule has 1 amide bonds. The molecule has 0 spiro atoms. The lowest BCUT2D eigenvalue weighted by Crippen LogP contribution is -2.23. The second kappa shape index (κ2) is 10.2. The van der Waals surface area contributed by atoms with Crippen LogP contribution >= 0.6 is 0 Å². The first kappa shape index (κ1) is 20.3. The van der Waals surface area contributed by atoms with Crippen molar-refractivity contribution in [3.05, 3.63) is 101 Å². The molecule has 0 aliphatic rings. The molecule has 3 aromatic carbocycles. The van der Waals surface area contributed by atoms with E-state index >= 15 is 0 Å². The quantitative estimate of drug-likeness (QED) is 0.534. The Labute approximate surface area is 171 Å². The number of para-hydroxylation sites is 1. The highest BCUT2D eigenvalue weighted by Gasteiger charge is 2.09. The first-order valence-corrected chi connectivity index (χ1v) is 9.72. The van der Waals surface area contributed by atoms with Gasteiger partial charge in [-0.2, -0.15) is 0 Å². The molecule has 3 rings (SSSR count). The lowest BCUT2D eigenvalue weighted by atomic mass is 10.0. The molecule has 4 heteroatoms. The number of ketones is 1. The van der Waals surface area contributed by atoms with Crippen molar-refractivity contribution in [2.75, 3.05) is 0 Å². The monoisotopic (exact) mass is 387 g/mol. The van der Waals surface area contributed by atoms with Gasteiger partial charge in [-0.3, -0.25) is 9.59 Å². The Morgan fingerprint density at radius 3 is 2.31 bits per heavy atom. The summed E-state index contributed by atoms with van der Waals surface area (Å²) in [6.07, 6.45) is 0.392. The van der Waals surface area contributed by atoms with Crippen LogP contribution < -0.4 is 10.1 Å². The third-order valence-electron chi connectivity index (χ3n) is 4.58. The summed E-state index contributed by atoms with van der Waals surface area (Å²) in [6.45, 7) is 2.87. The Morgan fingerprint density at radius 1 is 0.828 bits per heavy atom. The average molecular weight is 387 g/mol. The van der Waals surface area contributed by atoms with Crippen LogP contribution in [0.25, 0.3) is 0 Å². The third kappa shape index (κ3) is 6.61. The van der Waals surface area contributed by atoms with Gasteiger partial charge in [-0.15, -0.1) is 0 Å². The average Bonchev–Trinajstić information content (AvgIpc) is 2.76. The van der Waals surface area contributed by atoms with Crippen molar-refractivity contribution in [2.24, 2.45) is 0 Å². The van der Waals surface area contributed by atoms with E-state index in [9.17, 15) is 9.59 Å². The SMILES string of the molecule is Cc1ccc(C(=O)CCC(=O)NCc2cccc(COc3ccccc3)c2)cc1. The number of benzene rings is 3. The van der Waals surface area contributed by atoms with Crippen LogP contribution in [0, 0.1) is 6.92 Å². The molecule has 0 unspecified atom stereocenters. The molecule has 3 aromatic rings. The number of hydrogen-bond acceptors (Lipinski definition) is 3. The summed E-state index contributed by atoms with van der Waals surface area (Å²) in [6, 6.07) is 25.0. The Hall–Kier alpha value is -3.40. The number of carbonyl (C=O) groups excluding carboxylic acids is 2. The minimum absolute atomic E-state index is 0.0137. The molecule has 0 atom stereocenters. The summed E-state index contributed by atoms with van der Waals surface area (Å²) in [7, 11) is 0. The summed E-state index contributed by atoms with van der Waals surface area (Å²) in [5, 5.41) is 2.88. The first-order valence-electron chi connectivity index (χ1n) is 9.72. The molecule has 0 radical (unpaired) electrons. The lowest BCUT2D eigenvalue weighted by molar-refractivity contribution is -0.121. The number of Topliss-reactive ketones (excluding diaryl/α,β-unsaturated/α-hetero) is 1. The largest absolute Gasteiger partial charge is 0.489 e. The summed E-state index contributed by atoms with van der Waals surface area (Å²) in [5.41, 5.74) is 3.79. The molecule has 0 aliphatic heterocycles. The highest BCUT2D eigenvalue weighted by molar-refractivity contribution is 5.97. The maximum atomic E-state index is 12.2. The van der Waals surface area contributed by atoms with Gasteiger partial charge in [0.05, 0.1) is 0 Å². The van der Waals surface area contributed by atoms with Crippen molar-refractivity contribution in [2.45, 2.75) is 32.9 Å². The fourth-order valence-corrected chi connectivity index (χ4v) is 2.91. The predicted molar refractivity (Wildman–Crippen MR) is 114 cm³/mol. The molecule has 0 fully saturated rings. The number of hydrogen-bond donors (Lipinski definition) is 1.